The highest BCUT2D eigenvalue weighted by Gasteiger charge is 2.20. The SMILES string of the molecule is [2H]C([2H])[C@@]([2H])(O)[C@H](N)C(=O)O.[2H]C([2H])[C@@]([2H])([C@H](N)C(=O)O)C([2H])([2H])[2H].[2H][C@H]1[C@@H](C(=O)O)NC([2H])([2H])[C@H]1[2H]. The van der Waals surface area contributed by atoms with Crippen molar-refractivity contribution < 1.29 is 52.6 Å². The van der Waals surface area contributed by atoms with E-state index in [4.69, 9.17) is 49.7 Å². The zero-order valence-corrected chi connectivity index (χ0v) is 12.2. The minimum atomic E-state index is -3.08. The molecule has 1 heterocycles. The molecule has 0 unspecified atom stereocenters. The summed E-state index contributed by atoms with van der Waals surface area (Å²) in [5.41, 5.74) is 9.81. The molecular weight excluding hydrogens is 322 g/mol. The summed E-state index contributed by atoms with van der Waals surface area (Å²) in [6.07, 6.45) is -5.36. The zero-order chi connectivity index (χ0) is 30.5. The maximum atomic E-state index is 10.4. The molecule has 10 heteroatoms. The number of hydrogen-bond donors (Lipinski definition) is 7. The van der Waals surface area contributed by atoms with Crippen LogP contribution in [0.1, 0.15) is 51.2 Å². The van der Waals surface area contributed by atoms with Gasteiger partial charge >= 0.3 is 17.9 Å². The molecule has 0 amide bonds. The fourth-order valence-corrected chi connectivity index (χ4v) is 0.734. The second-order valence-electron chi connectivity index (χ2n) is 3.98. The first kappa shape index (κ1) is 9.09. The molecule has 1 rings (SSSR count). The smallest absolute Gasteiger partial charge is 0.323 e. The van der Waals surface area contributed by atoms with Crippen molar-refractivity contribution in [3.8, 4) is 0 Å². The van der Waals surface area contributed by atoms with E-state index in [9.17, 15) is 14.4 Å². The van der Waals surface area contributed by atoms with E-state index in [2.05, 4.69) is 5.32 Å². The number of carboxylic acids is 3. The molecule has 0 radical (unpaired) electrons. The minimum Gasteiger partial charge on any atom is -0.480 e. The Morgan fingerprint density at radius 3 is 1.96 bits per heavy atom. The van der Waals surface area contributed by atoms with Crippen LogP contribution in [0.5, 0.6) is 0 Å². The summed E-state index contributed by atoms with van der Waals surface area (Å²) in [6, 6.07) is -5.29. The summed E-state index contributed by atoms with van der Waals surface area (Å²) in [5, 5.41) is 36.1. The van der Waals surface area contributed by atoms with Crippen LogP contribution in [0.2, 0.25) is 0 Å². The first-order chi connectivity index (χ1) is 16.2. The van der Waals surface area contributed by atoms with Gasteiger partial charge in [-0.2, -0.15) is 0 Å². The van der Waals surface area contributed by atoms with E-state index in [1.54, 1.807) is 0 Å². The fraction of sp³-hybridized carbons (Fsp3) is 0.786. The van der Waals surface area contributed by atoms with Crippen LogP contribution in [0, 0.1) is 5.89 Å². The predicted molar refractivity (Wildman–Crippen MR) is 86.4 cm³/mol. The predicted octanol–water partition coefficient (Wildman–Crippen LogP) is -1.34. The number of hydrogen-bond acceptors (Lipinski definition) is 7. The second-order valence-corrected chi connectivity index (χ2v) is 3.98. The molecule has 1 saturated heterocycles. The quantitative estimate of drug-likeness (QED) is 0.306. The van der Waals surface area contributed by atoms with Gasteiger partial charge < -0.3 is 37.2 Å². The molecule has 9 N–H and O–H groups in total. The summed E-state index contributed by atoms with van der Waals surface area (Å²) in [4.78, 5) is 30.9. The van der Waals surface area contributed by atoms with Gasteiger partial charge in [-0.25, -0.2) is 0 Å². The topological polar surface area (TPSA) is 196 Å². The minimum absolute atomic E-state index is 1.25. The van der Waals surface area contributed by atoms with E-state index in [1.807, 2.05) is 0 Å². The Balaban J connectivity index is 0. The van der Waals surface area contributed by atoms with Crippen LogP contribution in [0.4, 0.5) is 0 Å². The molecule has 10 nitrogen and oxygen atoms in total. The van der Waals surface area contributed by atoms with E-state index in [0.717, 1.165) is 0 Å². The van der Waals surface area contributed by atoms with Crippen molar-refractivity contribution in [2.45, 2.75) is 57.6 Å². The van der Waals surface area contributed by atoms with Crippen molar-refractivity contribution in [3.63, 3.8) is 0 Å². The van der Waals surface area contributed by atoms with E-state index >= 15 is 0 Å². The molecular formula is C14H29N3O7. The van der Waals surface area contributed by atoms with Crippen molar-refractivity contribution >= 4 is 17.9 Å². The summed E-state index contributed by atoms with van der Waals surface area (Å²) >= 11 is 0. The van der Waals surface area contributed by atoms with Crippen molar-refractivity contribution in [1.82, 2.24) is 5.32 Å². The van der Waals surface area contributed by atoms with Crippen molar-refractivity contribution in [3.05, 3.63) is 0 Å². The molecule has 7 atom stereocenters. The zero-order valence-electron chi connectivity index (χ0n) is 25.2. The monoisotopic (exact) mass is 364 g/mol. The number of rotatable bonds is 5. The molecule has 142 valence electrons. The molecule has 1 fully saturated rings. The van der Waals surface area contributed by atoms with Crippen LogP contribution >= 0.6 is 0 Å². The Morgan fingerprint density at radius 2 is 1.79 bits per heavy atom. The average molecular weight is 364 g/mol. The molecule has 0 spiro atoms. The third kappa shape index (κ3) is 11.8. The Hall–Kier alpha value is -1.75. The standard InChI is InChI=1S/C5H9NO2.C5H11NO2.C4H9NO3/c7-5(8)4-2-1-3-6-4;1-3(2)4(6)5(7)8;1-2(6)3(5)4(7)8/h4,6H,1-3H2,(H,7,8);3-4H,6H2,1-2H3,(H,7,8);2-3,6H,5H2,1H3,(H,7,8)/t2*4-;2-,3+/m001/s1/i1D,2D,3D2;1D2,2D3,3D;1D2,2D/t1-,2+,4-;3-,4+;m/m011. The highest BCUT2D eigenvalue weighted by atomic mass is 16.4. The highest BCUT2D eigenvalue weighted by Crippen LogP contribution is 2.03. The van der Waals surface area contributed by atoms with E-state index in [0.29, 0.717) is 0 Å². The van der Waals surface area contributed by atoms with E-state index in [-0.39, 0.29) is 0 Å². The summed E-state index contributed by atoms with van der Waals surface area (Å²) in [7, 11) is 0. The van der Waals surface area contributed by atoms with Gasteiger partial charge in [0, 0.05) is 16.4 Å². The van der Waals surface area contributed by atoms with Crippen LogP contribution in [0.25, 0.3) is 0 Å². The van der Waals surface area contributed by atoms with Gasteiger partial charge in [-0.3, -0.25) is 14.4 Å². The molecule has 1 aliphatic heterocycles. The van der Waals surface area contributed by atoms with E-state index in [1.165, 1.54) is 0 Å². The second kappa shape index (κ2) is 12.6. The Kier molecular flexibility index (Phi) is 4.79. The first-order valence-electron chi connectivity index (χ1n) is 12.9. The summed E-state index contributed by atoms with van der Waals surface area (Å²) in [5.74, 6) is -7.42. The van der Waals surface area contributed by atoms with Crippen LogP contribution < -0.4 is 16.8 Å². The molecule has 0 aliphatic carbocycles. The number of nitrogens with one attached hydrogen (secondary N) is 1. The van der Waals surface area contributed by atoms with Gasteiger partial charge in [0.2, 0.25) is 0 Å². The maximum absolute atomic E-state index is 10.4. The number of nitrogens with two attached hydrogens (primary N) is 2. The van der Waals surface area contributed by atoms with Gasteiger partial charge in [-0.1, -0.05) is 13.7 Å². The lowest BCUT2D eigenvalue weighted by atomic mass is 10.1. The Bertz CT molecular complexity index is 801. The van der Waals surface area contributed by atoms with Crippen LogP contribution in [-0.2, 0) is 14.4 Å². The van der Waals surface area contributed by atoms with Crippen molar-refractivity contribution in [1.29, 1.82) is 0 Å². The number of aliphatic carboxylic acids is 3. The van der Waals surface area contributed by atoms with Gasteiger partial charge in [-0.15, -0.1) is 0 Å². The van der Waals surface area contributed by atoms with Crippen LogP contribution in [-0.4, -0.2) is 69.0 Å². The molecule has 0 aromatic rings. The normalized spacial score (nSPS) is 40.5. The molecule has 0 bridgehead atoms. The highest BCUT2D eigenvalue weighted by molar-refractivity contribution is 5.74. The van der Waals surface area contributed by atoms with Crippen LogP contribution in [0.3, 0.4) is 0 Å². The number of aliphatic hydroxyl groups is 1. The van der Waals surface area contributed by atoms with Crippen molar-refractivity contribution in [2.75, 3.05) is 6.50 Å². The van der Waals surface area contributed by atoms with Gasteiger partial charge in [0.05, 0.1) is 7.45 Å². The van der Waals surface area contributed by atoms with Gasteiger partial charge in [0.25, 0.3) is 0 Å². The maximum Gasteiger partial charge on any atom is 0.323 e. The Labute approximate surface area is 159 Å². The van der Waals surface area contributed by atoms with Crippen molar-refractivity contribution in [2.24, 2.45) is 17.4 Å². The third-order valence-corrected chi connectivity index (χ3v) is 2.06. The largest absolute Gasteiger partial charge is 0.480 e. The van der Waals surface area contributed by atoms with Gasteiger partial charge in [0.15, 0.2) is 0 Å². The molecule has 24 heavy (non-hydrogen) atoms. The van der Waals surface area contributed by atoms with Crippen LogP contribution in [0.15, 0.2) is 0 Å². The lowest BCUT2D eigenvalue weighted by Gasteiger charge is -2.07. The van der Waals surface area contributed by atoms with Gasteiger partial charge in [-0.05, 0) is 32.1 Å². The fourth-order valence-electron chi connectivity index (χ4n) is 0.734. The number of carboxylic acid groups (broad SMARTS) is 3. The van der Waals surface area contributed by atoms with E-state index < -0.39 is 87.9 Å². The van der Waals surface area contributed by atoms with Gasteiger partial charge in [0.1, 0.15) is 18.1 Å². The average Bonchev–Trinajstić information content (AvgIpc) is 2.94. The molecule has 0 aromatic heterocycles. The summed E-state index contributed by atoms with van der Waals surface area (Å²) in [6.45, 7) is -9.33. The third-order valence-electron chi connectivity index (χ3n) is 2.06. The lowest BCUT2D eigenvalue weighted by Crippen LogP contribution is -2.39. The molecule has 1 aliphatic rings. The number of carbonyl (C=O) groups is 3. The molecule has 0 saturated carbocycles. The lowest BCUT2D eigenvalue weighted by molar-refractivity contribution is -0.141. The molecule has 0 aromatic carbocycles. The first-order valence-corrected chi connectivity index (χ1v) is 5.94. The Morgan fingerprint density at radius 1 is 1.21 bits per heavy atom. The summed E-state index contributed by atoms with van der Waals surface area (Å²) < 4.78 is 90.4.